The van der Waals surface area contributed by atoms with Crippen molar-refractivity contribution in [3.8, 4) is 5.75 Å². The van der Waals surface area contributed by atoms with Crippen molar-refractivity contribution in [2.75, 3.05) is 46.4 Å². The minimum Gasteiger partial charge on any atom is -0.496 e. The molecule has 0 amide bonds. The molecule has 0 unspecified atom stereocenters. The first-order valence-corrected chi connectivity index (χ1v) is 10.1. The number of fused-ring (bicyclic) bond motifs is 1. The summed E-state index contributed by atoms with van der Waals surface area (Å²) in [6.07, 6.45) is 0.799. The lowest BCUT2D eigenvalue weighted by Gasteiger charge is -2.27. The Morgan fingerprint density at radius 2 is 1.84 bits per heavy atom. The topological polar surface area (TPSA) is 70.7 Å². The summed E-state index contributed by atoms with van der Waals surface area (Å²) in [4.78, 5) is 2.65. The number of sulfonamides is 1. The third-order valence-corrected chi connectivity index (χ3v) is 6.03. The number of hydrogen-bond acceptors (Lipinski definition) is 5. The van der Waals surface area contributed by atoms with E-state index in [1.165, 1.54) is 0 Å². The minimum atomic E-state index is -3.55. The Morgan fingerprint density at radius 3 is 2.56 bits per heavy atom. The Hall–Kier alpha value is -1.67. The average molecular weight is 363 g/mol. The lowest BCUT2D eigenvalue weighted by Crippen LogP contribution is -2.44. The van der Waals surface area contributed by atoms with Crippen molar-refractivity contribution in [2.45, 2.75) is 11.3 Å². The maximum Gasteiger partial charge on any atom is 0.241 e. The molecule has 0 radical (unpaired) electrons. The number of rotatable bonds is 7. The highest BCUT2D eigenvalue weighted by Gasteiger charge is 2.18. The molecule has 1 fully saturated rings. The van der Waals surface area contributed by atoms with Crippen LogP contribution in [-0.4, -0.2) is 59.7 Å². The van der Waals surface area contributed by atoms with Crippen LogP contribution in [-0.2, 0) is 10.0 Å². The molecule has 0 atom stereocenters. The van der Waals surface area contributed by atoms with Gasteiger partial charge in [-0.2, -0.15) is 0 Å². The third kappa shape index (κ3) is 4.30. The van der Waals surface area contributed by atoms with Crippen molar-refractivity contribution < 1.29 is 13.2 Å². The van der Waals surface area contributed by atoms with E-state index < -0.39 is 10.0 Å². The van der Waals surface area contributed by atoms with Crippen LogP contribution < -0.4 is 14.8 Å². The van der Waals surface area contributed by atoms with Crippen LogP contribution in [0.1, 0.15) is 6.42 Å². The molecule has 6 nitrogen and oxygen atoms in total. The van der Waals surface area contributed by atoms with E-state index >= 15 is 0 Å². The van der Waals surface area contributed by atoms with Crippen molar-refractivity contribution in [3.63, 3.8) is 0 Å². The molecule has 1 saturated heterocycles. The molecule has 3 rings (SSSR count). The van der Waals surface area contributed by atoms with E-state index in [4.69, 9.17) is 4.74 Å². The van der Waals surface area contributed by atoms with Crippen LogP contribution in [0, 0.1) is 0 Å². The van der Waals surface area contributed by atoms with Gasteiger partial charge < -0.3 is 15.0 Å². The summed E-state index contributed by atoms with van der Waals surface area (Å²) >= 11 is 0. The monoisotopic (exact) mass is 363 g/mol. The fourth-order valence-electron chi connectivity index (χ4n) is 3.18. The highest BCUT2D eigenvalue weighted by atomic mass is 32.2. The molecule has 7 heteroatoms. The summed E-state index contributed by atoms with van der Waals surface area (Å²) in [5.41, 5.74) is 0. The van der Waals surface area contributed by atoms with E-state index in [9.17, 15) is 8.42 Å². The van der Waals surface area contributed by atoms with Crippen molar-refractivity contribution in [1.82, 2.24) is 14.9 Å². The standard InChI is InChI=1S/C18H25N3O3S/c1-24-17-7-8-18(16-6-3-2-5-15(16)17)25(22,23)20-9-4-12-21-13-10-19-11-14-21/h2-3,5-8,19-20H,4,9-14H2,1H3. The lowest BCUT2D eigenvalue weighted by molar-refractivity contribution is 0.239. The molecule has 2 aromatic carbocycles. The van der Waals surface area contributed by atoms with Gasteiger partial charge in [-0.25, -0.2) is 13.1 Å². The number of benzene rings is 2. The maximum absolute atomic E-state index is 12.7. The molecule has 25 heavy (non-hydrogen) atoms. The molecular formula is C18H25N3O3S. The Morgan fingerprint density at radius 1 is 1.12 bits per heavy atom. The summed E-state index contributed by atoms with van der Waals surface area (Å²) < 4.78 is 33.5. The van der Waals surface area contributed by atoms with Crippen LogP contribution >= 0.6 is 0 Å². The first kappa shape index (κ1) is 18.1. The summed E-state index contributed by atoms with van der Waals surface area (Å²) in [5.74, 6) is 0.674. The van der Waals surface area contributed by atoms with Crippen molar-refractivity contribution >= 4 is 20.8 Å². The molecule has 0 spiro atoms. The van der Waals surface area contributed by atoms with Gasteiger partial charge in [-0.3, -0.25) is 0 Å². The van der Waals surface area contributed by atoms with Gasteiger partial charge in [0.1, 0.15) is 5.75 Å². The van der Waals surface area contributed by atoms with E-state index in [0.29, 0.717) is 22.6 Å². The summed E-state index contributed by atoms with van der Waals surface area (Å²) in [5, 5.41) is 4.79. The summed E-state index contributed by atoms with van der Waals surface area (Å²) in [6, 6.07) is 10.7. The molecule has 0 saturated carbocycles. The maximum atomic E-state index is 12.7. The number of nitrogens with one attached hydrogen (secondary N) is 2. The second-order valence-corrected chi connectivity index (χ2v) is 7.89. The molecule has 1 aliphatic rings. The quantitative estimate of drug-likeness (QED) is 0.728. The molecule has 0 bridgehead atoms. The predicted octanol–water partition coefficient (Wildman–Crippen LogP) is 1.42. The van der Waals surface area contributed by atoms with E-state index in [2.05, 4.69) is 14.9 Å². The van der Waals surface area contributed by atoms with E-state index in [1.807, 2.05) is 24.3 Å². The van der Waals surface area contributed by atoms with Gasteiger partial charge >= 0.3 is 0 Å². The number of ether oxygens (including phenoxy) is 1. The van der Waals surface area contributed by atoms with Crippen LogP contribution in [0.15, 0.2) is 41.3 Å². The number of piperazine rings is 1. The zero-order valence-electron chi connectivity index (χ0n) is 14.5. The number of nitrogens with zero attached hydrogens (tertiary/aromatic N) is 1. The fraction of sp³-hybridized carbons (Fsp3) is 0.444. The Bertz CT molecular complexity index is 817. The molecule has 2 aromatic rings. The number of methoxy groups -OCH3 is 1. The molecule has 136 valence electrons. The fourth-order valence-corrected chi connectivity index (χ4v) is 4.46. The van der Waals surface area contributed by atoms with Crippen molar-refractivity contribution in [3.05, 3.63) is 36.4 Å². The van der Waals surface area contributed by atoms with E-state index in [1.54, 1.807) is 19.2 Å². The second-order valence-electron chi connectivity index (χ2n) is 6.15. The van der Waals surface area contributed by atoms with Crippen LogP contribution in [0.4, 0.5) is 0 Å². The van der Waals surface area contributed by atoms with Gasteiger partial charge in [0.25, 0.3) is 0 Å². The smallest absolute Gasteiger partial charge is 0.241 e. The predicted molar refractivity (Wildman–Crippen MR) is 99.6 cm³/mol. The van der Waals surface area contributed by atoms with Gasteiger partial charge in [-0.05, 0) is 25.1 Å². The Kier molecular flexibility index (Phi) is 5.90. The molecule has 1 heterocycles. The first-order chi connectivity index (χ1) is 12.1. The first-order valence-electron chi connectivity index (χ1n) is 8.60. The van der Waals surface area contributed by atoms with Crippen LogP contribution in [0.3, 0.4) is 0 Å². The van der Waals surface area contributed by atoms with Gasteiger partial charge in [-0.15, -0.1) is 0 Å². The zero-order chi connectivity index (χ0) is 17.7. The second kappa shape index (κ2) is 8.14. The normalized spacial score (nSPS) is 16.2. The van der Waals surface area contributed by atoms with Crippen molar-refractivity contribution in [2.24, 2.45) is 0 Å². The molecule has 2 N–H and O–H groups in total. The summed E-state index contributed by atoms with van der Waals surface area (Å²) in [6.45, 7) is 5.40. The van der Waals surface area contributed by atoms with Gasteiger partial charge in [0.15, 0.2) is 0 Å². The van der Waals surface area contributed by atoms with E-state index in [0.717, 1.165) is 44.5 Å². The highest BCUT2D eigenvalue weighted by molar-refractivity contribution is 7.89. The molecule has 0 aromatic heterocycles. The SMILES string of the molecule is COc1ccc(S(=O)(=O)NCCCN2CCNCC2)c2ccccc12. The van der Waals surface area contributed by atoms with Gasteiger partial charge in [0.2, 0.25) is 10.0 Å². The summed E-state index contributed by atoms with van der Waals surface area (Å²) in [7, 11) is -1.96. The van der Waals surface area contributed by atoms with Crippen molar-refractivity contribution in [1.29, 1.82) is 0 Å². The lowest BCUT2D eigenvalue weighted by atomic mass is 10.1. The van der Waals surface area contributed by atoms with Gasteiger partial charge in [0, 0.05) is 43.5 Å². The average Bonchev–Trinajstić information content (AvgIpc) is 2.65. The van der Waals surface area contributed by atoms with Gasteiger partial charge in [-0.1, -0.05) is 24.3 Å². The Balaban J connectivity index is 1.69. The van der Waals surface area contributed by atoms with Gasteiger partial charge in [0.05, 0.1) is 12.0 Å². The molecule has 1 aliphatic heterocycles. The van der Waals surface area contributed by atoms with Crippen LogP contribution in [0.25, 0.3) is 10.8 Å². The van der Waals surface area contributed by atoms with Crippen LogP contribution in [0.5, 0.6) is 5.75 Å². The Labute approximate surface area is 149 Å². The third-order valence-electron chi connectivity index (χ3n) is 4.51. The highest BCUT2D eigenvalue weighted by Crippen LogP contribution is 2.30. The molecule has 0 aliphatic carbocycles. The van der Waals surface area contributed by atoms with Crippen LogP contribution in [0.2, 0.25) is 0 Å². The zero-order valence-corrected chi connectivity index (χ0v) is 15.3. The number of hydrogen-bond donors (Lipinski definition) is 2. The molecular weight excluding hydrogens is 338 g/mol. The largest absolute Gasteiger partial charge is 0.496 e. The minimum absolute atomic E-state index is 0.297. The van der Waals surface area contributed by atoms with E-state index in [-0.39, 0.29) is 0 Å².